The van der Waals surface area contributed by atoms with Gasteiger partial charge in [-0.3, -0.25) is 15.0 Å². The summed E-state index contributed by atoms with van der Waals surface area (Å²) in [5, 5.41) is 12.8. The number of rotatable bonds is 14. The van der Waals surface area contributed by atoms with Crippen LogP contribution >= 0.6 is 0 Å². The molecule has 0 saturated heterocycles. The zero-order valence-corrected chi connectivity index (χ0v) is 22.4. The molecule has 3 N–H and O–H groups in total. The van der Waals surface area contributed by atoms with E-state index < -0.39 is 6.03 Å². The summed E-state index contributed by atoms with van der Waals surface area (Å²) in [5.41, 5.74) is 3.69. The van der Waals surface area contributed by atoms with Gasteiger partial charge >= 0.3 is 6.03 Å². The Hall–Kier alpha value is -3.92. The topological polar surface area (TPSA) is 113 Å². The first kappa shape index (κ1) is 27.1. The smallest absolute Gasteiger partial charge is 0.325 e. The highest BCUT2D eigenvalue weighted by atomic mass is 16.5. The average Bonchev–Trinajstić information content (AvgIpc) is 3.62. The highest BCUT2D eigenvalue weighted by Crippen LogP contribution is 2.30. The van der Waals surface area contributed by atoms with Crippen LogP contribution in [0, 0.1) is 0 Å². The number of nitrogens with zero attached hydrogens (tertiary/aromatic N) is 4. The van der Waals surface area contributed by atoms with Crippen molar-refractivity contribution in [2.45, 2.75) is 52.5 Å². The minimum Gasteiger partial charge on any atom is -0.492 e. The summed E-state index contributed by atoms with van der Waals surface area (Å²) in [6.45, 7) is 9.83. The van der Waals surface area contributed by atoms with Crippen LogP contribution in [-0.2, 0) is 4.79 Å². The molecule has 1 fully saturated rings. The lowest BCUT2D eigenvalue weighted by atomic mass is 10.1. The van der Waals surface area contributed by atoms with Crippen LogP contribution in [0.2, 0.25) is 0 Å². The average molecular weight is 520 g/mol. The number of ether oxygens (including phenoxy) is 1. The number of aromatic nitrogens is 3. The second-order valence-corrected chi connectivity index (χ2v) is 9.54. The number of fused-ring (bicyclic) bond motifs is 1. The Balaban J connectivity index is 1.59. The highest BCUT2D eigenvalue weighted by Gasteiger charge is 2.23. The van der Waals surface area contributed by atoms with E-state index in [4.69, 9.17) is 9.72 Å². The standard InChI is InChI=1S/C28H37N7O3/c1-4-11-34(12-5-2)13-14-38-24-8-6-7-21(16-24)25-17-26(32-23-9-10-23)35-27(33-25)22(18-30-35)15-20(3)31-28(37)29-19-36/h6-8,15-19,23,32H,4-5,9-14H2,1-3H3,(H2,29,31,36,37)/b20-15-. The third-order valence-corrected chi connectivity index (χ3v) is 6.19. The summed E-state index contributed by atoms with van der Waals surface area (Å²) in [6, 6.07) is 9.84. The van der Waals surface area contributed by atoms with Crippen molar-refractivity contribution in [1.29, 1.82) is 0 Å². The highest BCUT2D eigenvalue weighted by molar-refractivity contribution is 5.86. The van der Waals surface area contributed by atoms with Crippen molar-refractivity contribution in [1.82, 2.24) is 30.1 Å². The predicted molar refractivity (Wildman–Crippen MR) is 149 cm³/mol. The maximum Gasteiger partial charge on any atom is 0.325 e. The number of carbonyl (C=O) groups is 2. The van der Waals surface area contributed by atoms with E-state index in [0.29, 0.717) is 30.4 Å². The normalized spacial score (nSPS) is 13.5. The zero-order valence-electron chi connectivity index (χ0n) is 22.4. The summed E-state index contributed by atoms with van der Waals surface area (Å²) >= 11 is 0. The first-order valence-electron chi connectivity index (χ1n) is 13.3. The molecule has 0 unspecified atom stereocenters. The van der Waals surface area contributed by atoms with Gasteiger partial charge in [0.15, 0.2) is 5.65 Å². The van der Waals surface area contributed by atoms with Crippen LogP contribution in [0.1, 0.15) is 52.0 Å². The summed E-state index contributed by atoms with van der Waals surface area (Å²) in [6.07, 6.45) is 8.35. The zero-order chi connectivity index (χ0) is 26.9. The van der Waals surface area contributed by atoms with E-state index in [2.05, 4.69) is 39.8 Å². The van der Waals surface area contributed by atoms with Crippen LogP contribution in [0.4, 0.5) is 10.6 Å². The minimum absolute atomic E-state index is 0.339. The molecule has 2 aromatic heterocycles. The third-order valence-electron chi connectivity index (χ3n) is 6.19. The Bertz CT molecular complexity index is 1280. The molecule has 1 aliphatic rings. The number of nitrogens with one attached hydrogen (secondary N) is 3. The van der Waals surface area contributed by atoms with Gasteiger partial charge in [0.25, 0.3) is 0 Å². The first-order valence-corrected chi connectivity index (χ1v) is 13.3. The maximum atomic E-state index is 11.7. The predicted octanol–water partition coefficient (Wildman–Crippen LogP) is 4.29. The summed E-state index contributed by atoms with van der Waals surface area (Å²) < 4.78 is 7.90. The van der Waals surface area contributed by atoms with Crippen molar-refractivity contribution >= 4 is 30.0 Å². The van der Waals surface area contributed by atoms with Gasteiger partial charge in [0.1, 0.15) is 18.2 Å². The molecule has 0 bridgehead atoms. The Morgan fingerprint density at radius 2 is 1.97 bits per heavy atom. The van der Waals surface area contributed by atoms with Gasteiger partial charge in [0.2, 0.25) is 6.41 Å². The molecule has 0 atom stereocenters. The van der Waals surface area contributed by atoms with Crippen molar-refractivity contribution < 1.29 is 14.3 Å². The maximum absolute atomic E-state index is 11.7. The molecule has 3 aromatic rings. The van der Waals surface area contributed by atoms with E-state index in [9.17, 15) is 9.59 Å². The van der Waals surface area contributed by atoms with E-state index >= 15 is 0 Å². The summed E-state index contributed by atoms with van der Waals surface area (Å²) in [5.74, 6) is 1.67. The molecule has 10 heteroatoms. The van der Waals surface area contributed by atoms with Gasteiger partial charge in [-0.25, -0.2) is 9.78 Å². The second kappa shape index (κ2) is 13.0. The molecule has 10 nitrogen and oxygen atoms in total. The molecule has 0 radical (unpaired) electrons. The summed E-state index contributed by atoms with van der Waals surface area (Å²) in [7, 11) is 0. The molecule has 202 valence electrons. The molecule has 3 amide bonds. The minimum atomic E-state index is -0.598. The number of urea groups is 1. The van der Waals surface area contributed by atoms with E-state index in [1.165, 1.54) is 0 Å². The number of anilines is 1. The van der Waals surface area contributed by atoms with Gasteiger partial charge in [0, 0.05) is 35.5 Å². The molecule has 1 saturated carbocycles. The van der Waals surface area contributed by atoms with Gasteiger partial charge in [-0.2, -0.15) is 9.61 Å². The van der Waals surface area contributed by atoms with Gasteiger partial charge < -0.3 is 15.4 Å². The quantitative estimate of drug-likeness (QED) is 0.272. The molecule has 1 aliphatic carbocycles. The van der Waals surface area contributed by atoms with Crippen LogP contribution in [0.25, 0.3) is 23.0 Å². The molecule has 0 spiro atoms. The Labute approximate surface area is 223 Å². The van der Waals surface area contributed by atoms with E-state index in [1.807, 2.05) is 30.3 Å². The van der Waals surface area contributed by atoms with Crippen LogP contribution in [0.15, 0.2) is 42.2 Å². The number of imide groups is 1. The molecular weight excluding hydrogens is 482 g/mol. The molecule has 0 aliphatic heterocycles. The lowest BCUT2D eigenvalue weighted by molar-refractivity contribution is -0.108. The molecular formula is C28H37N7O3. The van der Waals surface area contributed by atoms with Crippen molar-refractivity contribution in [3.63, 3.8) is 0 Å². The van der Waals surface area contributed by atoms with Crippen LogP contribution in [-0.4, -0.2) is 64.2 Å². The van der Waals surface area contributed by atoms with Gasteiger partial charge in [-0.05, 0) is 63.9 Å². The van der Waals surface area contributed by atoms with Crippen LogP contribution in [0.5, 0.6) is 5.75 Å². The van der Waals surface area contributed by atoms with E-state index in [0.717, 1.165) is 73.7 Å². The van der Waals surface area contributed by atoms with Gasteiger partial charge in [-0.15, -0.1) is 0 Å². The fourth-order valence-electron chi connectivity index (χ4n) is 4.31. The van der Waals surface area contributed by atoms with Crippen molar-refractivity contribution in [3.05, 3.63) is 47.8 Å². The SMILES string of the molecule is CCCN(CCC)CCOc1cccc(-c2cc(NC3CC3)n3ncc(/C=C(/C)NC(=O)NC=O)c3n2)c1. The van der Waals surface area contributed by atoms with Crippen molar-refractivity contribution in [2.75, 3.05) is 31.6 Å². The molecule has 4 rings (SSSR count). The fourth-order valence-corrected chi connectivity index (χ4v) is 4.31. The Morgan fingerprint density at radius 1 is 1.18 bits per heavy atom. The number of carbonyl (C=O) groups excluding carboxylic acids is 2. The van der Waals surface area contributed by atoms with Crippen molar-refractivity contribution in [3.8, 4) is 17.0 Å². The number of amides is 3. The largest absolute Gasteiger partial charge is 0.492 e. The third kappa shape index (κ3) is 7.32. The second-order valence-electron chi connectivity index (χ2n) is 9.54. The van der Waals surface area contributed by atoms with E-state index in [1.54, 1.807) is 23.7 Å². The van der Waals surface area contributed by atoms with E-state index in [-0.39, 0.29) is 0 Å². The Morgan fingerprint density at radius 3 is 2.68 bits per heavy atom. The summed E-state index contributed by atoms with van der Waals surface area (Å²) in [4.78, 5) is 29.6. The first-order chi connectivity index (χ1) is 18.5. The van der Waals surface area contributed by atoms with Crippen molar-refractivity contribution in [2.24, 2.45) is 0 Å². The Kier molecular flexibility index (Phi) is 9.31. The molecule has 1 aromatic carbocycles. The lowest BCUT2D eigenvalue weighted by Crippen LogP contribution is -2.33. The number of allylic oxidation sites excluding steroid dienone is 1. The molecule has 38 heavy (non-hydrogen) atoms. The van der Waals surface area contributed by atoms with Gasteiger partial charge in [-0.1, -0.05) is 26.0 Å². The van der Waals surface area contributed by atoms with Crippen LogP contribution in [0.3, 0.4) is 0 Å². The van der Waals surface area contributed by atoms with Gasteiger partial charge in [0.05, 0.1) is 11.9 Å². The fraction of sp³-hybridized carbons (Fsp3) is 0.429. The molecule has 2 heterocycles. The number of benzene rings is 1. The van der Waals surface area contributed by atoms with Crippen LogP contribution < -0.4 is 20.7 Å². The number of hydrogen-bond donors (Lipinski definition) is 3. The monoisotopic (exact) mass is 519 g/mol. The number of hydrogen-bond acceptors (Lipinski definition) is 7. The lowest BCUT2D eigenvalue weighted by Gasteiger charge is -2.21.